The van der Waals surface area contributed by atoms with Crippen LogP contribution in [0.25, 0.3) is 0 Å². The molecule has 0 radical (unpaired) electrons. The summed E-state index contributed by atoms with van der Waals surface area (Å²) in [6.45, 7) is 3.15. The Labute approximate surface area is 136 Å². The number of nitrogens with zero attached hydrogens (tertiary/aromatic N) is 5. The van der Waals surface area contributed by atoms with E-state index < -0.39 is 0 Å². The number of hydrogen-bond donors (Lipinski definition) is 0. The maximum atomic E-state index is 5.23. The molecule has 4 heterocycles. The number of fused-ring (bicyclic) bond motifs is 1. The second-order valence-corrected chi connectivity index (χ2v) is 6.16. The van der Waals surface area contributed by atoms with E-state index in [1.54, 1.807) is 13.4 Å². The molecule has 2 aromatic heterocycles. The van der Waals surface area contributed by atoms with E-state index in [1.807, 2.05) is 24.5 Å². The van der Waals surface area contributed by atoms with E-state index in [-0.39, 0.29) is 0 Å². The zero-order valence-electron chi connectivity index (χ0n) is 13.3. The average Bonchev–Trinajstić information content (AvgIpc) is 3.19. The normalized spacial score (nSPS) is 24.0. The maximum Gasteiger partial charge on any atom is 0.218 e. The Morgan fingerprint density at radius 3 is 2.96 bits per heavy atom. The Morgan fingerprint density at radius 2 is 2.13 bits per heavy atom. The summed E-state index contributed by atoms with van der Waals surface area (Å²) < 4.78 is 5.23. The summed E-state index contributed by atoms with van der Waals surface area (Å²) in [5.74, 6) is 1.61. The fourth-order valence-corrected chi connectivity index (χ4v) is 3.88. The molecule has 0 amide bonds. The summed E-state index contributed by atoms with van der Waals surface area (Å²) in [6.07, 6.45) is 7.74. The Morgan fingerprint density at radius 1 is 1.22 bits per heavy atom. The lowest BCUT2D eigenvalue weighted by Crippen LogP contribution is -2.36. The molecule has 0 bridgehead atoms. The molecule has 2 aliphatic rings. The predicted molar refractivity (Wildman–Crippen MR) is 87.4 cm³/mol. The summed E-state index contributed by atoms with van der Waals surface area (Å²) in [4.78, 5) is 17.8. The molecule has 0 aromatic carbocycles. The Bertz CT molecular complexity index is 665. The van der Waals surface area contributed by atoms with E-state index in [0.717, 1.165) is 25.5 Å². The standard InChI is InChI=1S/C17H21N5O/c1-23-17-9-16(19-12-20-17)22-8-5-14-15(22)4-7-21(14)11-13-3-2-6-18-10-13/h2-3,6,9-10,12,14-15H,4-5,7-8,11H2,1H3/t14-,15-/m1/s1. The number of pyridine rings is 1. The fraction of sp³-hybridized carbons (Fsp3) is 0.471. The molecular formula is C17H21N5O. The minimum Gasteiger partial charge on any atom is -0.481 e. The first-order valence-corrected chi connectivity index (χ1v) is 8.11. The van der Waals surface area contributed by atoms with Gasteiger partial charge in [0.25, 0.3) is 0 Å². The predicted octanol–water partition coefficient (Wildman–Crippen LogP) is 1.73. The minimum absolute atomic E-state index is 0.534. The van der Waals surface area contributed by atoms with E-state index in [2.05, 4.69) is 30.8 Å². The zero-order valence-corrected chi connectivity index (χ0v) is 13.3. The number of hydrogen-bond acceptors (Lipinski definition) is 6. The second kappa shape index (κ2) is 6.12. The molecule has 120 valence electrons. The molecule has 0 aliphatic carbocycles. The third kappa shape index (κ3) is 2.74. The minimum atomic E-state index is 0.534. The highest BCUT2D eigenvalue weighted by Crippen LogP contribution is 2.35. The first-order chi connectivity index (χ1) is 11.3. The molecule has 2 atom stereocenters. The molecule has 0 saturated carbocycles. The van der Waals surface area contributed by atoms with Crippen molar-refractivity contribution in [3.8, 4) is 5.88 Å². The van der Waals surface area contributed by atoms with Crippen LogP contribution in [-0.2, 0) is 6.54 Å². The second-order valence-electron chi connectivity index (χ2n) is 6.16. The van der Waals surface area contributed by atoms with Crippen LogP contribution < -0.4 is 9.64 Å². The zero-order chi connectivity index (χ0) is 15.6. The van der Waals surface area contributed by atoms with Crippen LogP contribution in [0.3, 0.4) is 0 Å². The molecule has 6 nitrogen and oxygen atoms in total. The highest BCUT2D eigenvalue weighted by molar-refractivity contribution is 5.44. The van der Waals surface area contributed by atoms with Crippen LogP contribution in [0.2, 0.25) is 0 Å². The van der Waals surface area contributed by atoms with Gasteiger partial charge < -0.3 is 9.64 Å². The third-order valence-electron chi connectivity index (χ3n) is 4.93. The lowest BCUT2D eigenvalue weighted by Gasteiger charge is -2.26. The van der Waals surface area contributed by atoms with Gasteiger partial charge in [-0.3, -0.25) is 9.88 Å². The molecule has 2 aromatic rings. The van der Waals surface area contributed by atoms with Gasteiger partial charge in [-0.15, -0.1) is 0 Å². The smallest absolute Gasteiger partial charge is 0.218 e. The van der Waals surface area contributed by atoms with Crippen molar-refractivity contribution in [3.05, 3.63) is 42.5 Å². The monoisotopic (exact) mass is 311 g/mol. The van der Waals surface area contributed by atoms with E-state index in [9.17, 15) is 0 Å². The van der Waals surface area contributed by atoms with E-state index in [1.165, 1.54) is 18.4 Å². The van der Waals surface area contributed by atoms with Gasteiger partial charge in [0.05, 0.1) is 7.11 Å². The largest absolute Gasteiger partial charge is 0.481 e. The van der Waals surface area contributed by atoms with Gasteiger partial charge in [-0.1, -0.05) is 6.07 Å². The lowest BCUT2D eigenvalue weighted by molar-refractivity contribution is 0.245. The van der Waals surface area contributed by atoms with Crippen molar-refractivity contribution in [1.82, 2.24) is 19.9 Å². The van der Waals surface area contributed by atoms with Crippen molar-refractivity contribution < 1.29 is 4.74 Å². The van der Waals surface area contributed by atoms with Crippen LogP contribution >= 0.6 is 0 Å². The SMILES string of the molecule is COc1cc(N2CC[C@@H]3[C@H]2CCN3Cc2cccnc2)ncn1. The molecule has 0 unspecified atom stereocenters. The van der Waals surface area contributed by atoms with E-state index in [0.29, 0.717) is 18.0 Å². The summed E-state index contributed by atoms with van der Waals surface area (Å²) >= 11 is 0. The summed E-state index contributed by atoms with van der Waals surface area (Å²) in [5, 5.41) is 0. The van der Waals surface area contributed by atoms with Gasteiger partial charge in [0, 0.05) is 50.2 Å². The third-order valence-corrected chi connectivity index (χ3v) is 4.93. The van der Waals surface area contributed by atoms with Crippen molar-refractivity contribution in [2.45, 2.75) is 31.5 Å². The number of likely N-dealkylation sites (tertiary alicyclic amines) is 1. The number of aromatic nitrogens is 3. The fourth-order valence-electron chi connectivity index (χ4n) is 3.88. The van der Waals surface area contributed by atoms with Crippen molar-refractivity contribution >= 4 is 5.82 Å². The highest BCUT2D eigenvalue weighted by atomic mass is 16.5. The van der Waals surface area contributed by atoms with Gasteiger partial charge in [-0.2, -0.15) is 0 Å². The van der Waals surface area contributed by atoms with E-state index >= 15 is 0 Å². The molecule has 2 fully saturated rings. The lowest BCUT2D eigenvalue weighted by atomic mass is 10.1. The van der Waals surface area contributed by atoms with Crippen molar-refractivity contribution in [2.24, 2.45) is 0 Å². The Balaban J connectivity index is 1.49. The number of anilines is 1. The van der Waals surface area contributed by atoms with Crippen LogP contribution in [0.5, 0.6) is 5.88 Å². The average molecular weight is 311 g/mol. The van der Waals surface area contributed by atoms with Crippen LogP contribution in [0.15, 0.2) is 36.9 Å². The molecule has 0 N–H and O–H groups in total. The van der Waals surface area contributed by atoms with Gasteiger partial charge in [0.2, 0.25) is 5.88 Å². The van der Waals surface area contributed by atoms with Crippen LogP contribution in [0.4, 0.5) is 5.82 Å². The number of rotatable bonds is 4. The van der Waals surface area contributed by atoms with Crippen LogP contribution in [0, 0.1) is 0 Å². The van der Waals surface area contributed by atoms with Crippen molar-refractivity contribution in [2.75, 3.05) is 25.1 Å². The summed E-state index contributed by atoms with van der Waals surface area (Å²) in [5.41, 5.74) is 1.29. The summed E-state index contributed by atoms with van der Waals surface area (Å²) in [6, 6.07) is 7.23. The van der Waals surface area contributed by atoms with Gasteiger partial charge >= 0.3 is 0 Å². The maximum absolute atomic E-state index is 5.23. The number of methoxy groups -OCH3 is 1. The van der Waals surface area contributed by atoms with Crippen molar-refractivity contribution in [1.29, 1.82) is 0 Å². The molecule has 23 heavy (non-hydrogen) atoms. The van der Waals surface area contributed by atoms with Crippen LogP contribution in [0.1, 0.15) is 18.4 Å². The Kier molecular flexibility index (Phi) is 3.83. The number of ether oxygens (including phenoxy) is 1. The Hall–Kier alpha value is -2.21. The van der Waals surface area contributed by atoms with E-state index in [4.69, 9.17) is 4.74 Å². The summed E-state index contributed by atoms with van der Waals surface area (Å²) in [7, 11) is 1.64. The first-order valence-electron chi connectivity index (χ1n) is 8.11. The van der Waals surface area contributed by atoms with Gasteiger partial charge in [0.15, 0.2) is 0 Å². The van der Waals surface area contributed by atoms with Gasteiger partial charge in [-0.05, 0) is 24.5 Å². The van der Waals surface area contributed by atoms with Crippen molar-refractivity contribution in [3.63, 3.8) is 0 Å². The quantitative estimate of drug-likeness (QED) is 0.857. The highest BCUT2D eigenvalue weighted by Gasteiger charge is 2.42. The van der Waals surface area contributed by atoms with Gasteiger partial charge in [0.1, 0.15) is 12.1 Å². The first kappa shape index (κ1) is 14.4. The topological polar surface area (TPSA) is 54.4 Å². The molecule has 4 rings (SSSR count). The molecule has 6 heteroatoms. The molecule has 2 saturated heterocycles. The molecule has 0 spiro atoms. The molecule has 2 aliphatic heterocycles. The molecular weight excluding hydrogens is 290 g/mol. The van der Waals surface area contributed by atoms with Gasteiger partial charge in [-0.25, -0.2) is 9.97 Å². The van der Waals surface area contributed by atoms with Crippen LogP contribution in [-0.4, -0.2) is 52.1 Å².